The quantitative estimate of drug-likeness (QED) is 0.731. The van der Waals surface area contributed by atoms with E-state index in [2.05, 4.69) is 42.3 Å². The predicted octanol–water partition coefficient (Wildman–Crippen LogP) is 3.68. The van der Waals surface area contributed by atoms with E-state index in [1.54, 1.807) is 12.1 Å². The molecule has 2 aromatic carbocycles. The van der Waals surface area contributed by atoms with Crippen LogP contribution in [-0.4, -0.2) is 34.8 Å². The Morgan fingerprint density at radius 2 is 1.82 bits per heavy atom. The second kappa shape index (κ2) is 7.50. The number of fused-ring (bicyclic) bond motifs is 3. The molecule has 2 N–H and O–H groups in total. The molecule has 2 heterocycles. The molecule has 0 spiro atoms. The van der Waals surface area contributed by atoms with E-state index in [9.17, 15) is 9.59 Å². The highest BCUT2D eigenvalue weighted by Gasteiger charge is 2.35. The third-order valence-corrected chi connectivity index (χ3v) is 5.47. The Kier molecular flexibility index (Phi) is 4.90. The normalized spacial score (nSPS) is 16.2. The zero-order valence-corrected chi connectivity index (χ0v) is 16.2. The number of para-hydroxylation sites is 1. The number of rotatable bonds is 4. The van der Waals surface area contributed by atoms with E-state index in [4.69, 9.17) is 0 Å². The van der Waals surface area contributed by atoms with Crippen molar-refractivity contribution < 1.29 is 9.59 Å². The van der Waals surface area contributed by atoms with Gasteiger partial charge in [-0.05, 0) is 36.1 Å². The lowest BCUT2D eigenvalue weighted by Crippen LogP contribution is -2.46. The maximum atomic E-state index is 13.0. The van der Waals surface area contributed by atoms with Gasteiger partial charge in [0.15, 0.2) is 0 Å². The van der Waals surface area contributed by atoms with Gasteiger partial charge in [0, 0.05) is 28.7 Å². The molecule has 5 heteroatoms. The fraction of sp³-hybridized carbons (Fsp3) is 0.304. The number of amides is 2. The van der Waals surface area contributed by atoms with Crippen LogP contribution in [0.2, 0.25) is 0 Å². The number of nitrogens with zero attached hydrogens (tertiary/aromatic N) is 1. The second-order valence-corrected chi connectivity index (χ2v) is 7.64. The molecule has 0 saturated heterocycles. The topological polar surface area (TPSA) is 65.2 Å². The van der Waals surface area contributed by atoms with Crippen molar-refractivity contribution in [1.29, 1.82) is 0 Å². The van der Waals surface area contributed by atoms with Crippen molar-refractivity contribution in [3.63, 3.8) is 0 Å². The molecule has 1 atom stereocenters. The highest BCUT2D eigenvalue weighted by molar-refractivity contribution is 5.96. The molecule has 0 fully saturated rings. The summed E-state index contributed by atoms with van der Waals surface area (Å²) < 4.78 is 0. The van der Waals surface area contributed by atoms with Gasteiger partial charge >= 0.3 is 0 Å². The van der Waals surface area contributed by atoms with Gasteiger partial charge in [0.1, 0.15) is 0 Å². The second-order valence-electron chi connectivity index (χ2n) is 7.64. The van der Waals surface area contributed by atoms with Crippen LogP contribution in [0.1, 0.15) is 41.5 Å². The van der Waals surface area contributed by atoms with E-state index in [0.717, 1.165) is 17.6 Å². The SMILES string of the molecule is CC(C)C1c2[nH]c3ccccc3c2CCN1C(=O)CNC(=O)c1ccccc1. The third-order valence-electron chi connectivity index (χ3n) is 5.47. The number of hydrogen-bond donors (Lipinski definition) is 2. The van der Waals surface area contributed by atoms with Gasteiger partial charge in [-0.2, -0.15) is 0 Å². The average Bonchev–Trinajstić information content (AvgIpc) is 3.10. The molecular weight excluding hydrogens is 350 g/mol. The van der Waals surface area contributed by atoms with E-state index in [1.165, 1.54) is 10.9 Å². The summed E-state index contributed by atoms with van der Waals surface area (Å²) in [6, 6.07) is 17.3. The Morgan fingerprint density at radius 3 is 2.57 bits per heavy atom. The molecule has 5 nitrogen and oxygen atoms in total. The molecule has 144 valence electrons. The van der Waals surface area contributed by atoms with Crippen LogP contribution in [-0.2, 0) is 11.2 Å². The third kappa shape index (κ3) is 3.28. The molecule has 3 aromatic rings. The highest BCUT2D eigenvalue weighted by atomic mass is 16.2. The summed E-state index contributed by atoms with van der Waals surface area (Å²) in [6.07, 6.45) is 0.820. The summed E-state index contributed by atoms with van der Waals surface area (Å²) >= 11 is 0. The molecule has 0 aliphatic carbocycles. The number of carbonyl (C=O) groups is 2. The number of nitrogens with one attached hydrogen (secondary N) is 2. The van der Waals surface area contributed by atoms with Gasteiger partial charge in [0.25, 0.3) is 5.91 Å². The molecule has 1 unspecified atom stereocenters. The molecule has 1 aliphatic heterocycles. The van der Waals surface area contributed by atoms with Crippen molar-refractivity contribution in [1.82, 2.24) is 15.2 Å². The van der Waals surface area contributed by atoms with Crippen molar-refractivity contribution in [2.75, 3.05) is 13.1 Å². The first-order valence-corrected chi connectivity index (χ1v) is 9.78. The molecular formula is C23H25N3O2. The standard InChI is InChI=1S/C23H25N3O2/c1-15(2)22-21-18(17-10-6-7-11-19(17)25-21)12-13-26(22)20(27)14-24-23(28)16-8-4-3-5-9-16/h3-11,15,22,25H,12-14H2,1-2H3,(H,24,28). The Hall–Kier alpha value is -3.08. The fourth-order valence-electron chi connectivity index (χ4n) is 4.19. The molecule has 28 heavy (non-hydrogen) atoms. The lowest BCUT2D eigenvalue weighted by molar-refractivity contribution is -0.134. The summed E-state index contributed by atoms with van der Waals surface area (Å²) in [5, 5.41) is 4.01. The van der Waals surface area contributed by atoms with Gasteiger partial charge in [-0.3, -0.25) is 9.59 Å². The molecule has 2 amide bonds. The minimum atomic E-state index is -0.224. The summed E-state index contributed by atoms with van der Waals surface area (Å²) in [4.78, 5) is 30.7. The average molecular weight is 375 g/mol. The fourth-order valence-corrected chi connectivity index (χ4v) is 4.19. The minimum absolute atomic E-state index is 0.00646. The van der Waals surface area contributed by atoms with Crippen molar-refractivity contribution in [2.45, 2.75) is 26.3 Å². The van der Waals surface area contributed by atoms with Crippen LogP contribution in [0, 0.1) is 5.92 Å². The number of carbonyl (C=O) groups excluding carboxylic acids is 2. The van der Waals surface area contributed by atoms with Crippen LogP contribution in [0.5, 0.6) is 0 Å². The highest BCUT2D eigenvalue weighted by Crippen LogP contribution is 2.38. The Bertz CT molecular complexity index is 1010. The lowest BCUT2D eigenvalue weighted by Gasteiger charge is -2.38. The van der Waals surface area contributed by atoms with E-state index < -0.39 is 0 Å². The summed E-state index contributed by atoms with van der Waals surface area (Å²) in [5.41, 5.74) is 4.12. The van der Waals surface area contributed by atoms with Crippen LogP contribution >= 0.6 is 0 Å². The van der Waals surface area contributed by atoms with E-state index >= 15 is 0 Å². The molecule has 1 aliphatic rings. The number of hydrogen-bond acceptors (Lipinski definition) is 2. The zero-order chi connectivity index (χ0) is 19.7. The maximum absolute atomic E-state index is 13.0. The first-order valence-electron chi connectivity index (χ1n) is 9.78. The number of aromatic nitrogens is 1. The number of benzene rings is 2. The first kappa shape index (κ1) is 18.3. The summed E-state index contributed by atoms with van der Waals surface area (Å²) in [7, 11) is 0. The van der Waals surface area contributed by atoms with Crippen LogP contribution in [0.15, 0.2) is 54.6 Å². The maximum Gasteiger partial charge on any atom is 0.251 e. The van der Waals surface area contributed by atoms with Gasteiger partial charge in [-0.25, -0.2) is 0 Å². The number of aromatic amines is 1. The first-order chi connectivity index (χ1) is 13.6. The van der Waals surface area contributed by atoms with E-state index in [-0.39, 0.29) is 30.3 Å². The predicted molar refractivity (Wildman–Crippen MR) is 110 cm³/mol. The molecule has 0 bridgehead atoms. The minimum Gasteiger partial charge on any atom is -0.356 e. The smallest absolute Gasteiger partial charge is 0.251 e. The van der Waals surface area contributed by atoms with Crippen molar-refractivity contribution in [3.05, 3.63) is 71.4 Å². The van der Waals surface area contributed by atoms with Gasteiger partial charge in [-0.1, -0.05) is 50.2 Å². The van der Waals surface area contributed by atoms with Crippen LogP contribution in [0.3, 0.4) is 0 Å². The summed E-state index contributed by atoms with van der Waals surface area (Å²) in [5.74, 6) is -0.00784. The molecule has 0 saturated carbocycles. The Morgan fingerprint density at radius 1 is 1.11 bits per heavy atom. The van der Waals surface area contributed by atoms with Crippen LogP contribution < -0.4 is 5.32 Å². The van der Waals surface area contributed by atoms with E-state index in [0.29, 0.717) is 12.1 Å². The van der Waals surface area contributed by atoms with Crippen molar-refractivity contribution in [3.8, 4) is 0 Å². The van der Waals surface area contributed by atoms with Crippen molar-refractivity contribution in [2.24, 2.45) is 5.92 Å². The van der Waals surface area contributed by atoms with Gasteiger partial charge < -0.3 is 15.2 Å². The lowest BCUT2D eigenvalue weighted by atomic mass is 9.90. The zero-order valence-electron chi connectivity index (χ0n) is 16.2. The largest absolute Gasteiger partial charge is 0.356 e. The van der Waals surface area contributed by atoms with Gasteiger partial charge in [0.2, 0.25) is 5.91 Å². The van der Waals surface area contributed by atoms with Gasteiger partial charge in [-0.15, -0.1) is 0 Å². The number of H-pyrrole nitrogens is 1. The molecule has 4 rings (SSSR count). The Balaban J connectivity index is 1.54. The van der Waals surface area contributed by atoms with Crippen molar-refractivity contribution >= 4 is 22.7 Å². The van der Waals surface area contributed by atoms with E-state index in [1.807, 2.05) is 29.2 Å². The van der Waals surface area contributed by atoms with Crippen LogP contribution in [0.4, 0.5) is 0 Å². The molecule has 1 aromatic heterocycles. The van der Waals surface area contributed by atoms with Crippen LogP contribution in [0.25, 0.3) is 10.9 Å². The Labute approximate surface area is 164 Å². The van der Waals surface area contributed by atoms with Gasteiger partial charge in [0.05, 0.1) is 12.6 Å². The molecule has 0 radical (unpaired) electrons. The monoisotopic (exact) mass is 375 g/mol. The summed E-state index contributed by atoms with van der Waals surface area (Å²) in [6.45, 7) is 4.94.